The van der Waals surface area contributed by atoms with Gasteiger partial charge in [-0.3, -0.25) is 39.1 Å². The Bertz CT molecular complexity index is 2060. The Labute approximate surface area is 358 Å². The fourth-order valence-electron chi connectivity index (χ4n) is 9.38. The summed E-state index contributed by atoms with van der Waals surface area (Å²) in [7, 11) is 4.28. The smallest absolute Gasteiger partial charge is 0.266 e. The first kappa shape index (κ1) is 43.9. The Hall–Kier alpha value is -5.18. The van der Waals surface area contributed by atoms with Gasteiger partial charge in [-0.15, -0.1) is 0 Å². The lowest BCUT2D eigenvalue weighted by molar-refractivity contribution is -0.136. The summed E-state index contributed by atoms with van der Waals surface area (Å²) in [5.74, 6) is -1.84. The van der Waals surface area contributed by atoms with Crippen molar-refractivity contribution in [3.8, 4) is 5.75 Å². The minimum atomic E-state index is -1.08. The average molecular weight is 838 g/mol. The van der Waals surface area contributed by atoms with E-state index < -0.39 is 29.7 Å². The molecule has 0 radical (unpaired) electrons. The maximum Gasteiger partial charge on any atom is 0.266 e. The van der Waals surface area contributed by atoms with E-state index in [9.17, 15) is 28.4 Å². The third-order valence-electron chi connectivity index (χ3n) is 13.2. The number of piperazine rings is 1. The zero-order chi connectivity index (χ0) is 43.2. The van der Waals surface area contributed by atoms with E-state index in [0.717, 1.165) is 81.0 Å². The molecule has 3 atom stereocenters. The summed E-state index contributed by atoms with van der Waals surface area (Å²) in [5.41, 5.74) is 4.37. The number of nitrogens with zero attached hydrogens (tertiary/aromatic N) is 5. The molecule has 0 saturated carbocycles. The molecule has 4 aliphatic rings. The van der Waals surface area contributed by atoms with Crippen molar-refractivity contribution >= 4 is 35.2 Å². The van der Waals surface area contributed by atoms with Crippen LogP contribution in [-0.4, -0.2) is 134 Å². The topological polar surface area (TPSA) is 135 Å². The van der Waals surface area contributed by atoms with Crippen LogP contribution >= 0.6 is 0 Å². The molecule has 1 unspecified atom stereocenters. The van der Waals surface area contributed by atoms with Crippen LogP contribution in [0.1, 0.15) is 88.8 Å². The number of benzene rings is 3. The van der Waals surface area contributed by atoms with E-state index in [0.29, 0.717) is 37.5 Å². The molecule has 13 nitrogen and oxygen atoms in total. The number of halogens is 1. The number of carbonyl (C=O) groups excluding carboxylic acids is 5. The number of likely N-dealkylation sites (tertiary alicyclic amines) is 1. The highest BCUT2D eigenvalue weighted by atomic mass is 19.1. The van der Waals surface area contributed by atoms with Gasteiger partial charge in [0.05, 0.1) is 11.1 Å². The van der Waals surface area contributed by atoms with Gasteiger partial charge in [-0.2, -0.15) is 0 Å². The van der Waals surface area contributed by atoms with Crippen molar-refractivity contribution in [1.29, 1.82) is 0 Å². The molecule has 3 aromatic carbocycles. The molecule has 4 aliphatic heterocycles. The van der Waals surface area contributed by atoms with E-state index in [1.165, 1.54) is 23.4 Å². The number of hydrogen-bond donors (Lipinski definition) is 2. The molecule has 0 spiro atoms. The largest absolute Gasteiger partial charge is 0.483 e. The third-order valence-corrected chi connectivity index (χ3v) is 13.2. The fraction of sp³-hybridized carbons (Fsp3) is 0.511. The van der Waals surface area contributed by atoms with Crippen LogP contribution in [0.15, 0.2) is 60.7 Å². The van der Waals surface area contributed by atoms with E-state index >= 15 is 0 Å². The van der Waals surface area contributed by atoms with Crippen molar-refractivity contribution in [2.24, 2.45) is 5.92 Å². The van der Waals surface area contributed by atoms with Crippen LogP contribution in [0.2, 0.25) is 0 Å². The lowest BCUT2D eigenvalue weighted by Crippen LogP contribution is -2.54. The predicted molar refractivity (Wildman–Crippen MR) is 231 cm³/mol. The molecule has 5 amide bonds. The number of nitrogens with one attached hydrogen (secondary N) is 2. The second-order valence-electron chi connectivity index (χ2n) is 17.2. The van der Waals surface area contributed by atoms with Crippen molar-refractivity contribution in [2.45, 2.75) is 76.9 Å². The van der Waals surface area contributed by atoms with Gasteiger partial charge in [0.2, 0.25) is 11.8 Å². The van der Waals surface area contributed by atoms with Gasteiger partial charge in [0.15, 0.2) is 6.61 Å². The van der Waals surface area contributed by atoms with Crippen LogP contribution in [0.4, 0.5) is 10.1 Å². The first-order chi connectivity index (χ1) is 29.4. The van der Waals surface area contributed by atoms with Gasteiger partial charge in [-0.1, -0.05) is 37.3 Å². The molecular weight excluding hydrogens is 778 g/mol. The number of amides is 5. The van der Waals surface area contributed by atoms with Crippen molar-refractivity contribution < 1.29 is 33.1 Å². The number of rotatable bonds is 16. The predicted octanol–water partition coefficient (Wildman–Crippen LogP) is 4.58. The maximum atomic E-state index is 14.5. The summed E-state index contributed by atoms with van der Waals surface area (Å²) in [6.45, 7) is 11.3. The van der Waals surface area contributed by atoms with Gasteiger partial charge in [-0.05, 0) is 106 Å². The Morgan fingerprint density at radius 2 is 1.64 bits per heavy atom. The molecule has 14 heteroatoms. The molecule has 0 aromatic heterocycles. The first-order valence-corrected chi connectivity index (χ1v) is 21.8. The monoisotopic (exact) mass is 837 g/mol. The van der Waals surface area contributed by atoms with Gasteiger partial charge in [-0.25, -0.2) is 4.39 Å². The average Bonchev–Trinajstić information content (AvgIpc) is 3.51. The molecule has 7 rings (SSSR count). The molecule has 3 aromatic rings. The van der Waals surface area contributed by atoms with Gasteiger partial charge < -0.3 is 24.8 Å². The van der Waals surface area contributed by atoms with Crippen LogP contribution in [0.5, 0.6) is 5.75 Å². The summed E-state index contributed by atoms with van der Waals surface area (Å²) in [4.78, 5) is 73.9. The molecule has 2 N–H and O–H groups in total. The highest BCUT2D eigenvalue weighted by Crippen LogP contribution is 2.34. The van der Waals surface area contributed by atoms with Crippen LogP contribution in [0, 0.1) is 18.7 Å². The fourth-order valence-corrected chi connectivity index (χ4v) is 9.38. The minimum absolute atomic E-state index is 0.0320. The molecule has 0 bridgehead atoms. The van der Waals surface area contributed by atoms with E-state index in [4.69, 9.17) is 4.74 Å². The summed E-state index contributed by atoms with van der Waals surface area (Å²) in [6.07, 6.45) is 3.96. The van der Waals surface area contributed by atoms with Gasteiger partial charge in [0.25, 0.3) is 17.7 Å². The summed E-state index contributed by atoms with van der Waals surface area (Å²) < 4.78 is 20.4. The number of hydrogen-bond acceptors (Lipinski definition) is 10. The Balaban J connectivity index is 0.857. The third kappa shape index (κ3) is 10.1. The molecular formula is C47H60FN7O6. The van der Waals surface area contributed by atoms with Crippen LogP contribution in [0.25, 0.3) is 0 Å². The van der Waals surface area contributed by atoms with Crippen molar-refractivity contribution in [1.82, 2.24) is 30.2 Å². The summed E-state index contributed by atoms with van der Waals surface area (Å²) in [6, 6.07) is 18.3. The maximum absolute atomic E-state index is 14.5. The minimum Gasteiger partial charge on any atom is -0.483 e. The summed E-state index contributed by atoms with van der Waals surface area (Å²) in [5, 5.41) is 5.77. The van der Waals surface area contributed by atoms with E-state index in [1.54, 1.807) is 23.1 Å². The second kappa shape index (κ2) is 19.7. The van der Waals surface area contributed by atoms with E-state index in [-0.39, 0.29) is 48.0 Å². The quantitative estimate of drug-likeness (QED) is 0.198. The molecule has 3 saturated heterocycles. The second-order valence-corrected chi connectivity index (χ2v) is 17.2. The molecule has 61 heavy (non-hydrogen) atoms. The number of carbonyl (C=O) groups is 5. The normalized spacial score (nSPS) is 20.0. The van der Waals surface area contributed by atoms with Crippen molar-refractivity contribution in [3.05, 3.63) is 94.3 Å². The number of aryl methyl sites for hydroxylation is 1. The highest BCUT2D eigenvalue weighted by Gasteiger charge is 2.46. The SMILES string of the molecule is CC[C@@H](C[C@H](CNCc1c(C)cccc1F)c1ccc(N2CCN(CC3CCN(C(=O)COc4cccc5c4C(=O)N(C4CCC(=O)NC4=O)C5=O)CC3)CC2)cc1)N(C)C. The number of ether oxygens (including phenoxy) is 1. The standard InChI is InChI=1S/C47H60FN7O6/c1-5-35(51(3)4)26-34(27-49-28-38-31(2)8-6-10-39(38)48)33-12-14-36(15-13-33)53-24-22-52(23-25-53)29-32-18-20-54(21-19-32)43(57)30-61-41-11-7-9-37-44(41)47(60)55(46(37)59)40-16-17-42(56)50-45(40)58/h6-15,32,34-35,40,49H,5,16-30H2,1-4H3,(H,50,56,58)/t34-,35+,40?/m1/s1. The zero-order valence-electron chi connectivity index (χ0n) is 36.0. The van der Waals surface area contributed by atoms with Gasteiger partial charge >= 0.3 is 0 Å². The molecule has 4 heterocycles. The van der Waals surface area contributed by atoms with E-state index in [1.807, 2.05) is 13.0 Å². The van der Waals surface area contributed by atoms with Gasteiger partial charge in [0.1, 0.15) is 17.6 Å². The lowest BCUT2D eigenvalue weighted by atomic mass is 9.90. The molecule has 3 fully saturated rings. The number of imide groups is 2. The van der Waals surface area contributed by atoms with E-state index in [2.05, 4.69) is 70.6 Å². The zero-order valence-corrected chi connectivity index (χ0v) is 36.0. The van der Waals surface area contributed by atoms with Crippen LogP contribution < -0.4 is 20.3 Å². The highest BCUT2D eigenvalue weighted by molar-refractivity contribution is 6.24. The Morgan fingerprint density at radius 3 is 2.31 bits per heavy atom. The first-order valence-electron chi connectivity index (χ1n) is 21.8. The number of fused-ring (bicyclic) bond motifs is 1. The molecule has 0 aliphatic carbocycles. The van der Waals surface area contributed by atoms with Crippen LogP contribution in [0.3, 0.4) is 0 Å². The van der Waals surface area contributed by atoms with Crippen LogP contribution in [-0.2, 0) is 20.9 Å². The Kier molecular flexibility index (Phi) is 14.2. The van der Waals surface area contributed by atoms with Crippen molar-refractivity contribution in [2.75, 3.05) is 78.0 Å². The van der Waals surface area contributed by atoms with Gasteiger partial charge in [0, 0.05) is 82.6 Å². The Morgan fingerprint density at radius 1 is 0.918 bits per heavy atom. The number of anilines is 1. The van der Waals surface area contributed by atoms with Crippen molar-refractivity contribution in [3.63, 3.8) is 0 Å². The molecule has 326 valence electrons. The summed E-state index contributed by atoms with van der Waals surface area (Å²) >= 11 is 0. The number of piperidine rings is 2. The lowest BCUT2D eigenvalue weighted by Gasteiger charge is -2.39.